The van der Waals surface area contributed by atoms with Crippen molar-refractivity contribution in [1.82, 2.24) is 10.3 Å². The molecule has 13 heteroatoms. The highest BCUT2D eigenvalue weighted by Gasteiger charge is 2.46. The number of rotatable bonds is 7. The third-order valence-electron chi connectivity index (χ3n) is 5.96. The quantitative estimate of drug-likeness (QED) is 0.269. The molecule has 4 rings (SSSR count). The number of esters is 1. The predicted octanol–water partition coefficient (Wildman–Crippen LogP) is 2.39. The molecule has 1 fully saturated rings. The van der Waals surface area contributed by atoms with E-state index in [4.69, 9.17) is 37.4 Å². The van der Waals surface area contributed by atoms with Gasteiger partial charge in [-0.05, 0) is 36.4 Å². The second-order valence-corrected chi connectivity index (χ2v) is 9.28. The molecule has 1 amide bonds. The van der Waals surface area contributed by atoms with E-state index >= 15 is 0 Å². The number of fused-ring (bicyclic) bond motifs is 1. The van der Waals surface area contributed by atoms with Crippen LogP contribution in [0.3, 0.4) is 0 Å². The number of halogens is 2. The maximum atomic E-state index is 12.4. The number of anilines is 2. The molecule has 0 bridgehead atoms. The van der Waals surface area contributed by atoms with Crippen LogP contribution in [-0.4, -0.2) is 76.5 Å². The van der Waals surface area contributed by atoms with Crippen LogP contribution in [-0.2, 0) is 14.3 Å². The number of benzene rings is 2. The summed E-state index contributed by atoms with van der Waals surface area (Å²) >= 11 is 12.4. The highest BCUT2D eigenvalue weighted by Crippen LogP contribution is 2.36. The van der Waals surface area contributed by atoms with Gasteiger partial charge >= 0.3 is 5.97 Å². The van der Waals surface area contributed by atoms with Crippen molar-refractivity contribution in [3.05, 3.63) is 58.2 Å². The monoisotopic (exact) mass is 565 g/mol. The molecule has 0 radical (unpaired) electrons. The Morgan fingerprint density at radius 2 is 1.82 bits per heavy atom. The fourth-order valence-electron chi connectivity index (χ4n) is 4.07. The molecule has 202 valence electrons. The van der Waals surface area contributed by atoms with Crippen molar-refractivity contribution in [2.75, 3.05) is 19.0 Å². The third-order valence-corrected chi connectivity index (χ3v) is 6.76. The minimum absolute atomic E-state index is 0.176. The van der Waals surface area contributed by atoms with Gasteiger partial charge in [-0.15, -0.1) is 0 Å². The number of hydrogen-bond donors (Lipinski definition) is 5. The van der Waals surface area contributed by atoms with Crippen LogP contribution in [0.1, 0.15) is 17.3 Å². The molecule has 1 saturated heterocycles. The summed E-state index contributed by atoms with van der Waals surface area (Å²) in [4.78, 5) is 28.3. The molecule has 11 nitrogen and oxygen atoms in total. The predicted molar refractivity (Wildman–Crippen MR) is 139 cm³/mol. The smallest absolute Gasteiger partial charge is 0.341 e. The van der Waals surface area contributed by atoms with Gasteiger partial charge in [0.25, 0.3) is 0 Å². The summed E-state index contributed by atoms with van der Waals surface area (Å²) in [5, 5.41) is 36.9. The first kappa shape index (κ1) is 27.8. The van der Waals surface area contributed by atoms with Gasteiger partial charge in [0.1, 0.15) is 35.7 Å². The lowest BCUT2D eigenvalue weighted by molar-refractivity contribution is -0.244. The first-order valence-corrected chi connectivity index (χ1v) is 12.2. The van der Waals surface area contributed by atoms with Gasteiger partial charge in [0.15, 0.2) is 0 Å². The molecule has 2 aromatic carbocycles. The SMILES string of the molecule is COC(=O)c1cnc2c(Cl)c(Cl)ccc2c1Nc1ccc(O[C@H]2O[C@@H](CO)[C@@H](O)[C@H](O)[C@@H]2NC(C)=O)cc1. The highest BCUT2D eigenvalue weighted by atomic mass is 35.5. The Balaban J connectivity index is 1.61. The largest absolute Gasteiger partial charge is 0.465 e. The van der Waals surface area contributed by atoms with Gasteiger partial charge in [0.2, 0.25) is 12.2 Å². The zero-order valence-electron chi connectivity index (χ0n) is 20.2. The number of pyridine rings is 1. The molecular weight excluding hydrogens is 541 g/mol. The van der Waals surface area contributed by atoms with Gasteiger partial charge in [-0.1, -0.05) is 23.2 Å². The number of hydrogen-bond acceptors (Lipinski definition) is 10. The number of amides is 1. The summed E-state index contributed by atoms with van der Waals surface area (Å²) in [6, 6.07) is 8.68. The lowest BCUT2D eigenvalue weighted by Gasteiger charge is -2.42. The molecule has 3 aromatic rings. The molecule has 2 heterocycles. The molecule has 0 unspecified atom stereocenters. The molecule has 1 aliphatic heterocycles. The van der Waals surface area contributed by atoms with Crippen molar-refractivity contribution in [3.8, 4) is 5.75 Å². The minimum atomic E-state index is -1.44. The lowest BCUT2D eigenvalue weighted by Crippen LogP contribution is -2.65. The first-order valence-electron chi connectivity index (χ1n) is 11.4. The number of methoxy groups -OCH3 is 1. The molecule has 5 atom stereocenters. The molecule has 1 aliphatic rings. The average Bonchev–Trinajstić information content (AvgIpc) is 2.91. The average molecular weight is 566 g/mol. The maximum absolute atomic E-state index is 12.4. The van der Waals surface area contributed by atoms with Gasteiger partial charge in [0.05, 0.1) is 35.0 Å². The zero-order valence-corrected chi connectivity index (χ0v) is 21.7. The number of aliphatic hydroxyl groups is 3. The van der Waals surface area contributed by atoms with Crippen molar-refractivity contribution in [1.29, 1.82) is 0 Å². The lowest BCUT2D eigenvalue weighted by atomic mass is 9.97. The summed E-state index contributed by atoms with van der Waals surface area (Å²) in [5.41, 5.74) is 1.54. The second kappa shape index (κ2) is 11.7. The van der Waals surface area contributed by atoms with Crippen LogP contribution >= 0.6 is 23.2 Å². The Morgan fingerprint density at radius 3 is 2.45 bits per heavy atom. The summed E-state index contributed by atoms with van der Waals surface area (Å²) in [6.45, 7) is 0.687. The van der Waals surface area contributed by atoms with Crippen LogP contribution in [0.25, 0.3) is 10.9 Å². The fourth-order valence-corrected chi connectivity index (χ4v) is 4.44. The van der Waals surface area contributed by atoms with E-state index in [0.29, 0.717) is 33.0 Å². The Morgan fingerprint density at radius 1 is 1.11 bits per heavy atom. The van der Waals surface area contributed by atoms with Gasteiger partial charge in [-0.3, -0.25) is 9.78 Å². The standard InChI is InChI=1S/C25H25Cl2N3O8/c1-11(32)29-21-23(34)22(33)17(10-31)38-25(21)37-13-5-3-12(4-6-13)30-19-14-7-8-16(26)18(27)20(14)28-9-15(19)24(35)36-2/h3-9,17,21-23,25,31,33-34H,10H2,1-2H3,(H,28,30)(H,29,32)/t17-,21-,22+,23+,25-/m0/s1. The summed E-state index contributed by atoms with van der Waals surface area (Å²) in [5.74, 6) is -0.767. The summed E-state index contributed by atoms with van der Waals surface area (Å²) < 4.78 is 16.3. The Labute approximate surface area is 227 Å². The summed E-state index contributed by atoms with van der Waals surface area (Å²) in [7, 11) is 1.26. The van der Waals surface area contributed by atoms with E-state index in [0.717, 1.165) is 0 Å². The van der Waals surface area contributed by atoms with E-state index in [1.807, 2.05) is 0 Å². The van der Waals surface area contributed by atoms with Crippen LogP contribution < -0.4 is 15.4 Å². The number of carbonyl (C=O) groups excluding carboxylic acids is 2. The van der Waals surface area contributed by atoms with Crippen LogP contribution in [0.4, 0.5) is 11.4 Å². The van der Waals surface area contributed by atoms with Crippen molar-refractivity contribution >= 4 is 57.4 Å². The third kappa shape index (κ3) is 5.63. The molecule has 5 N–H and O–H groups in total. The number of aromatic nitrogens is 1. The number of nitrogens with zero attached hydrogens (tertiary/aromatic N) is 1. The summed E-state index contributed by atoms with van der Waals surface area (Å²) in [6.07, 6.45) is -3.83. The normalized spacial score (nSPS) is 23.1. The number of nitrogens with one attached hydrogen (secondary N) is 2. The Hall–Kier alpha value is -3.19. The maximum Gasteiger partial charge on any atom is 0.341 e. The molecule has 0 saturated carbocycles. The van der Waals surface area contributed by atoms with E-state index in [9.17, 15) is 24.9 Å². The first-order chi connectivity index (χ1) is 18.1. The van der Waals surface area contributed by atoms with Gasteiger partial charge in [-0.2, -0.15) is 0 Å². The molecule has 1 aromatic heterocycles. The second-order valence-electron chi connectivity index (χ2n) is 8.50. The minimum Gasteiger partial charge on any atom is -0.465 e. The molecule has 0 spiro atoms. The van der Waals surface area contributed by atoms with Crippen molar-refractivity contribution in [2.45, 2.75) is 37.6 Å². The molecular formula is C25H25Cl2N3O8. The van der Waals surface area contributed by atoms with Gasteiger partial charge < -0.3 is 40.2 Å². The topological polar surface area (TPSA) is 159 Å². The van der Waals surface area contributed by atoms with Crippen molar-refractivity contribution in [2.24, 2.45) is 0 Å². The molecule has 0 aliphatic carbocycles. The van der Waals surface area contributed by atoms with E-state index in [1.54, 1.807) is 36.4 Å². The van der Waals surface area contributed by atoms with Crippen molar-refractivity contribution in [3.63, 3.8) is 0 Å². The zero-order chi connectivity index (χ0) is 27.6. The number of carbonyl (C=O) groups is 2. The van der Waals surface area contributed by atoms with Crippen LogP contribution in [0.15, 0.2) is 42.6 Å². The van der Waals surface area contributed by atoms with E-state index in [-0.39, 0.29) is 10.6 Å². The van der Waals surface area contributed by atoms with Gasteiger partial charge in [0, 0.05) is 24.2 Å². The van der Waals surface area contributed by atoms with Crippen molar-refractivity contribution < 1.29 is 39.1 Å². The van der Waals surface area contributed by atoms with E-state index < -0.39 is 49.1 Å². The number of ether oxygens (including phenoxy) is 3. The van der Waals surface area contributed by atoms with Crippen LogP contribution in [0.2, 0.25) is 10.0 Å². The van der Waals surface area contributed by atoms with Crippen LogP contribution in [0, 0.1) is 0 Å². The Bertz CT molecular complexity index is 1340. The van der Waals surface area contributed by atoms with E-state index in [1.165, 1.54) is 20.2 Å². The number of aliphatic hydroxyl groups excluding tert-OH is 3. The van der Waals surface area contributed by atoms with Gasteiger partial charge in [-0.25, -0.2) is 4.79 Å². The molecule has 38 heavy (non-hydrogen) atoms. The van der Waals surface area contributed by atoms with E-state index in [2.05, 4.69) is 15.6 Å². The Kier molecular flexibility index (Phi) is 8.56. The van der Waals surface area contributed by atoms with Crippen LogP contribution in [0.5, 0.6) is 5.75 Å². The fraction of sp³-hybridized carbons (Fsp3) is 0.320. The highest BCUT2D eigenvalue weighted by molar-refractivity contribution is 6.45.